The van der Waals surface area contributed by atoms with Crippen molar-refractivity contribution >= 4 is 28.6 Å². The van der Waals surface area contributed by atoms with Crippen LogP contribution in [0.15, 0.2) is 34.2 Å². The molecule has 1 aliphatic carbocycles. The zero-order valence-electron chi connectivity index (χ0n) is 15.7. The third kappa shape index (κ3) is 4.29. The first-order valence-corrected chi connectivity index (χ1v) is 10.3. The van der Waals surface area contributed by atoms with Crippen molar-refractivity contribution in [2.75, 3.05) is 0 Å². The number of aromatic nitrogens is 2. The molecule has 6 heteroatoms. The van der Waals surface area contributed by atoms with Crippen LogP contribution in [0.1, 0.15) is 46.5 Å². The van der Waals surface area contributed by atoms with Gasteiger partial charge in [0.25, 0.3) is 5.56 Å². The summed E-state index contributed by atoms with van der Waals surface area (Å²) < 4.78 is 1.72. The standard InChI is InChI=1S/C20H27N3O2S/c1-13(2)12-23-19(25)16-10-6-7-11-17(16)22-20(23)26-14(3)18(24)21-15-8-4-5-9-15/h6-7,10-11,13-15H,4-5,8-9,12H2,1-3H3,(H,21,24)/t14-/m1/s1. The molecule has 1 aromatic heterocycles. The highest BCUT2D eigenvalue weighted by Crippen LogP contribution is 2.24. The molecule has 1 aromatic carbocycles. The van der Waals surface area contributed by atoms with E-state index in [4.69, 9.17) is 0 Å². The van der Waals surface area contributed by atoms with Crippen LogP contribution in [0, 0.1) is 5.92 Å². The molecule has 0 saturated heterocycles. The lowest BCUT2D eigenvalue weighted by Crippen LogP contribution is -2.38. The Labute approximate surface area is 158 Å². The summed E-state index contributed by atoms with van der Waals surface area (Å²) in [6.07, 6.45) is 4.50. The van der Waals surface area contributed by atoms with E-state index in [0.717, 1.165) is 12.8 Å². The van der Waals surface area contributed by atoms with E-state index in [9.17, 15) is 9.59 Å². The number of rotatable bonds is 6. The molecule has 0 unspecified atom stereocenters. The van der Waals surface area contributed by atoms with Gasteiger partial charge in [-0.3, -0.25) is 14.2 Å². The number of para-hydroxylation sites is 1. The van der Waals surface area contributed by atoms with Crippen molar-refractivity contribution in [1.82, 2.24) is 14.9 Å². The molecule has 1 heterocycles. The predicted molar refractivity (Wildman–Crippen MR) is 107 cm³/mol. The Morgan fingerprint density at radius 3 is 2.65 bits per heavy atom. The average Bonchev–Trinajstić information content (AvgIpc) is 3.11. The molecule has 1 fully saturated rings. The lowest BCUT2D eigenvalue weighted by atomic mass is 10.2. The van der Waals surface area contributed by atoms with Gasteiger partial charge in [0.1, 0.15) is 0 Å². The molecule has 26 heavy (non-hydrogen) atoms. The number of hydrogen-bond donors (Lipinski definition) is 1. The van der Waals surface area contributed by atoms with E-state index in [1.165, 1.54) is 24.6 Å². The van der Waals surface area contributed by atoms with Gasteiger partial charge in [0.05, 0.1) is 16.2 Å². The van der Waals surface area contributed by atoms with Crippen LogP contribution in [0.3, 0.4) is 0 Å². The molecule has 1 aliphatic rings. The van der Waals surface area contributed by atoms with Crippen LogP contribution >= 0.6 is 11.8 Å². The van der Waals surface area contributed by atoms with Gasteiger partial charge in [0, 0.05) is 12.6 Å². The van der Waals surface area contributed by atoms with E-state index < -0.39 is 0 Å². The Hall–Kier alpha value is -1.82. The predicted octanol–water partition coefficient (Wildman–Crippen LogP) is 3.59. The second kappa shape index (κ2) is 8.25. The second-order valence-electron chi connectivity index (χ2n) is 7.47. The van der Waals surface area contributed by atoms with E-state index in [-0.39, 0.29) is 16.7 Å². The first-order valence-electron chi connectivity index (χ1n) is 9.42. The fraction of sp³-hybridized carbons (Fsp3) is 0.550. The van der Waals surface area contributed by atoms with Crippen molar-refractivity contribution in [2.45, 2.75) is 69.4 Å². The molecule has 3 rings (SSSR count). The van der Waals surface area contributed by atoms with Gasteiger partial charge in [-0.25, -0.2) is 4.98 Å². The van der Waals surface area contributed by atoms with E-state index in [2.05, 4.69) is 24.1 Å². The Kier molecular flexibility index (Phi) is 6.01. The number of carbonyl (C=O) groups is 1. The number of thioether (sulfide) groups is 1. The van der Waals surface area contributed by atoms with Gasteiger partial charge in [-0.05, 0) is 37.8 Å². The summed E-state index contributed by atoms with van der Waals surface area (Å²) in [7, 11) is 0. The number of carbonyl (C=O) groups excluding carboxylic acids is 1. The number of amides is 1. The number of benzene rings is 1. The molecule has 0 radical (unpaired) electrons. The molecule has 0 bridgehead atoms. The van der Waals surface area contributed by atoms with Gasteiger partial charge in [-0.2, -0.15) is 0 Å². The van der Waals surface area contributed by atoms with Crippen molar-refractivity contribution in [3.05, 3.63) is 34.6 Å². The second-order valence-corrected chi connectivity index (χ2v) is 8.78. The topological polar surface area (TPSA) is 64.0 Å². The smallest absolute Gasteiger partial charge is 0.262 e. The maximum Gasteiger partial charge on any atom is 0.262 e. The molecule has 5 nitrogen and oxygen atoms in total. The normalized spacial score (nSPS) is 16.3. The van der Waals surface area contributed by atoms with Crippen LogP contribution in [0.25, 0.3) is 10.9 Å². The van der Waals surface area contributed by atoms with Gasteiger partial charge in [0.2, 0.25) is 5.91 Å². The van der Waals surface area contributed by atoms with Gasteiger partial charge in [-0.15, -0.1) is 0 Å². The zero-order chi connectivity index (χ0) is 18.7. The summed E-state index contributed by atoms with van der Waals surface area (Å²) in [6, 6.07) is 7.70. The van der Waals surface area contributed by atoms with Crippen LogP contribution in [-0.4, -0.2) is 26.8 Å². The highest BCUT2D eigenvalue weighted by molar-refractivity contribution is 8.00. The minimum Gasteiger partial charge on any atom is -0.352 e. The van der Waals surface area contributed by atoms with Crippen molar-refractivity contribution in [1.29, 1.82) is 0 Å². The number of fused-ring (bicyclic) bond motifs is 1. The van der Waals surface area contributed by atoms with Crippen LogP contribution < -0.4 is 10.9 Å². The van der Waals surface area contributed by atoms with Gasteiger partial charge < -0.3 is 5.32 Å². The van der Waals surface area contributed by atoms with Crippen LogP contribution in [0.5, 0.6) is 0 Å². The Balaban J connectivity index is 1.87. The highest BCUT2D eigenvalue weighted by atomic mass is 32.2. The molecule has 1 atom stereocenters. The van der Waals surface area contributed by atoms with E-state index >= 15 is 0 Å². The Morgan fingerprint density at radius 2 is 1.96 bits per heavy atom. The SMILES string of the molecule is CC(C)Cn1c(S[C@H](C)C(=O)NC2CCCC2)nc2ccccc2c1=O. The third-order valence-corrected chi connectivity index (χ3v) is 5.82. The van der Waals surface area contributed by atoms with Crippen molar-refractivity contribution in [2.24, 2.45) is 5.92 Å². The first-order chi connectivity index (χ1) is 12.5. The summed E-state index contributed by atoms with van der Waals surface area (Å²) >= 11 is 1.37. The maximum atomic E-state index is 12.9. The Morgan fingerprint density at radius 1 is 1.27 bits per heavy atom. The zero-order valence-corrected chi connectivity index (χ0v) is 16.5. The molecule has 0 spiro atoms. The monoisotopic (exact) mass is 373 g/mol. The quantitative estimate of drug-likeness (QED) is 0.621. The maximum absolute atomic E-state index is 12.9. The van der Waals surface area contributed by atoms with Crippen LogP contribution in [0.2, 0.25) is 0 Å². The Bertz CT molecular complexity index is 841. The minimum atomic E-state index is -0.290. The summed E-state index contributed by atoms with van der Waals surface area (Å²) in [4.78, 5) is 30.2. The number of hydrogen-bond acceptors (Lipinski definition) is 4. The highest BCUT2D eigenvalue weighted by Gasteiger charge is 2.23. The molecule has 0 aliphatic heterocycles. The summed E-state index contributed by atoms with van der Waals surface area (Å²) in [5.41, 5.74) is 0.651. The van der Waals surface area contributed by atoms with E-state index in [1.807, 2.05) is 31.2 Å². The van der Waals surface area contributed by atoms with Crippen molar-refractivity contribution in [3.8, 4) is 0 Å². The first kappa shape index (κ1) is 19.0. The van der Waals surface area contributed by atoms with Gasteiger partial charge in [0.15, 0.2) is 5.16 Å². The lowest BCUT2D eigenvalue weighted by Gasteiger charge is -2.19. The summed E-state index contributed by atoms with van der Waals surface area (Å²) in [6.45, 7) is 6.63. The fourth-order valence-corrected chi connectivity index (χ4v) is 4.29. The average molecular weight is 374 g/mol. The number of nitrogens with zero attached hydrogens (tertiary/aromatic N) is 2. The van der Waals surface area contributed by atoms with Crippen LogP contribution in [-0.2, 0) is 11.3 Å². The summed E-state index contributed by atoms with van der Waals surface area (Å²) in [5, 5.41) is 4.09. The largest absolute Gasteiger partial charge is 0.352 e. The molecular formula is C20H27N3O2S. The molecule has 1 N–H and O–H groups in total. The van der Waals surface area contributed by atoms with Gasteiger partial charge >= 0.3 is 0 Å². The molecule has 140 valence electrons. The molecule has 2 aromatic rings. The third-order valence-electron chi connectivity index (χ3n) is 4.73. The van der Waals surface area contributed by atoms with Crippen molar-refractivity contribution in [3.63, 3.8) is 0 Å². The molecule has 1 saturated carbocycles. The molecule has 1 amide bonds. The van der Waals surface area contributed by atoms with E-state index in [1.54, 1.807) is 4.57 Å². The van der Waals surface area contributed by atoms with Crippen LogP contribution in [0.4, 0.5) is 0 Å². The molecular weight excluding hydrogens is 346 g/mol. The van der Waals surface area contributed by atoms with E-state index in [0.29, 0.717) is 34.6 Å². The summed E-state index contributed by atoms with van der Waals surface area (Å²) in [5.74, 6) is 0.345. The fourth-order valence-electron chi connectivity index (χ4n) is 3.36. The lowest BCUT2D eigenvalue weighted by molar-refractivity contribution is -0.120. The minimum absolute atomic E-state index is 0.0282. The van der Waals surface area contributed by atoms with Crippen molar-refractivity contribution < 1.29 is 4.79 Å². The van der Waals surface area contributed by atoms with Gasteiger partial charge in [-0.1, -0.05) is 50.6 Å². The number of nitrogens with one attached hydrogen (secondary N) is 1.